The van der Waals surface area contributed by atoms with E-state index in [1.54, 1.807) is 36.4 Å². The van der Waals surface area contributed by atoms with Gasteiger partial charge in [0.15, 0.2) is 0 Å². The van der Waals surface area contributed by atoms with E-state index in [-0.39, 0.29) is 6.61 Å². The Morgan fingerprint density at radius 1 is 1.35 bits per heavy atom. The van der Waals surface area contributed by atoms with Crippen LogP contribution in [0.2, 0.25) is 10.0 Å². The molecule has 2 N–H and O–H groups in total. The van der Waals surface area contributed by atoms with Crippen molar-refractivity contribution in [2.24, 2.45) is 5.73 Å². The molecule has 1 rings (SSSR count). The Labute approximate surface area is 129 Å². The molecule has 0 spiro atoms. The molecule has 2 nitrogen and oxygen atoms in total. The Hall–Kier alpha value is -1.82. The third kappa shape index (κ3) is 6.38. The Morgan fingerprint density at radius 2 is 2.15 bits per heavy atom. The van der Waals surface area contributed by atoms with Crippen molar-refractivity contribution in [3.8, 4) is 17.6 Å². The smallest absolute Gasteiger partial charge is 0.149 e. The van der Waals surface area contributed by atoms with E-state index in [1.807, 2.05) is 6.08 Å². The van der Waals surface area contributed by atoms with Crippen LogP contribution in [0.25, 0.3) is 0 Å². The van der Waals surface area contributed by atoms with Crippen LogP contribution in [0.1, 0.15) is 6.42 Å². The Bertz CT molecular complexity index is 580. The zero-order chi connectivity index (χ0) is 14.8. The zero-order valence-corrected chi connectivity index (χ0v) is 12.4. The van der Waals surface area contributed by atoms with Crippen molar-refractivity contribution in [1.29, 1.82) is 0 Å². The normalized spacial score (nSPS) is 11.0. The highest BCUT2D eigenvalue weighted by Crippen LogP contribution is 2.27. The Kier molecular flexibility index (Phi) is 7.42. The molecule has 0 aromatic heterocycles. The van der Waals surface area contributed by atoms with Gasteiger partial charge in [-0.2, -0.15) is 0 Å². The second kappa shape index (κ2) is 9.14. The fourth-order valence-electron chi connectivity index (χ4n) is 1.27. The molecule has 1 aromatic carbocycles. The summed E-state index contributed by atoms with van der Waals surface area (Å²) in [6.45, 7) is 3.83. The number of benzene rings is 1. The summed E-state index contributed by atoms with van der Waals surface area (Å²) < 4.78 is 5.42. The molecular weight excluding hydrogens is 293 g/mol. The summed E-state index contributed by atoms with van der Waals surface area (Å²) in [4.78, 5) is 0. The van der Waals surface area contributed by atoms with Crippen molar-refractivity contribution >= 4 is 23.2 Å². The van der Waals surface area contributed by atoms with Crippen LogP contribution in [0.15, 0.2) is 54.8 Å². The first-order valence-electron chi connectivity index (χ1n) is 5.92. The second-order valence-electron chi connectivity index (χ2n) is 3.73. The number of rotatable bonds is 5. The average molecular weight is 308 g/mol. The van der Waals surface area contributed by atoms with Crippen LogP contribution >= 0.6 is 23.2 Å². The third-order valence-corrected chi connectivity index (χ3v) is 2.69. The molecule has 4 heteroatoms. The molecule has 0 fully saturated rings. The number of ether oxygens (including phenoxy) is 1. The summed E-state index contributed by atoms with van der Waals surface area (Å²) in [6.07, 6.45) is 7.61. The van der Waals surface area contributed by atoms with Gasteiger partial charge in [0.25, 0.3) is 0 Å². The molecule has 0 saturated heterocycles. The number of nitrogens with two attached hydrogens (primary N) is 1. The highest BCUT2D eigenvalue weighted by atomic mass is 35.5. The fraction of sp³-hybridized carbons (Fsp3) is 0.125. The Morgan fingerprint density at radius 3 is 2.85 bits per heavy atom. The maximum Gasteiger partial charge on any atom is 0.149 e. The maximum absolute atomic E-state index is 5.96. The van der Waals surface area contributed by atoms with Gasteiger partial charge >= 0.3 is 0 Å². The van der Waals surface area contributed by atoms with Crippen LogP contribution in [0, 0.1) is 11.8 Å². The first-order valence-corrected chi connectivity index (χ1v) is 6.67. The number of halogens is 2. The van der Waals surface area contributed by atoms with Crippen LogP contribution in [0.3, 0.4) is 0 Å². The predicted molar refractivity (Wildman–Crippen MR) is 86.0 cm³/mol. The van der Waals surface area contributed by atoms with E-state index in [0.717, 1.165) is 0 Å². The van der Waals surface area contributed by atoms with Crippen LogP contribution in [0.4, 0.5) is 0 Å². The summed E-state index contributed by atoms with van der Waals surface area (Å²) in [5.41, 5.74) is 6.28. The lowest BCUT2D eigenvalue weighted by atomic mass is 10.3. The van der Waals surface area contributed by atoms with Crippen LogP contribution in [0.5, 0.6) is 5.75 Å². The molecule has 0 amide bonds. The molecule has 1 aromatic rings. The minimum absolute atomic E-state index is 0.271. The van der Waals surface area contributed by atoms with Crippen molar-refractivity contribution in [1.82, 2.24) is 0 Å². The van der Waals surface area contributed by atoms with E-state index >= 15 is 0 Å². The van der Waals surface area contributed by atoms with Crippen molar-refractivity contribution in [2.75, 3.05) is 6.61 Å². The van der Waals surface area contributed by atoms with Gasteiger partial charge in [-0.3, -0.25) is 0 Å². The van der Waals surface area contributed by atoms with Gasteiger partial charge in [-0.15, -0.1) is 0 Å². The second-order valence-corrected chi connectivity index (χ2v) is 4.57. The van der Waals surface area contributed by atoms with E-state index in [2.05, 4.69) is 18.4 Å². The summed E-state index contributed by atoms with van der Waals surface area (Å²) in [7, 11) is 0. The monoisotopic (exact) mass is 307 g/mol. The van der Waals surface area contributed by atoms with Gasteiger partial charge in [-0.25, -0.2) is 0 Å². The lowest BCUT2D eigenvalue weighted by Gasteiger charge is -2.04. The van der Waals surface area contributed by atoms with Gasteiger partial charge in [-0.1, -0.05) is 53.8 Å². The average Bonchev–Trinajstić information content (AvgIpc) is 2.40. The van der Waals surface area contributed by atoms with E-state index in [0.29, 0.717) is 27.9 Å². The molecule has 0 radical (unpaired) electrons. The predicted octanol–water partition coefficient (Wildman–Crippen LogP) is 4.35. The SMILES string of the molecule is C=C/C=C(N)\C=C/CC#CCOc1ccc(Cl)cc1Cl. The first kappa shape index (κ1) is 16.2. The van der Waals surface area contributed by atoms with Gasteiger partial charge in [0.05, 0.1) is 5.02 Å². The van der Waals surface area contributed by atoms with Gasteiger partial charge < -0.3 is 10.5 Å². The molecule has 0 heterocycles. The topological polar surface area (TPSA) is 35.2 Å². The highest BCUT2D eigenvalue weighted by molar-refractivity contribution is 6.35. The molecular formula is C16H15Cl2NO. The first-order chi connectivity index (χ1) is 9.63. The van der Waals surface area contributed by atoms with Gasteiger partial charge in [0.1, 0.15) is 12.4 Å². The molecule has 0 aliphatic carbocycles. The van der Waals surface area contributed by atoms with Crippen molar-refractivity contribution in [2.45, 2.75) is 6.42 Å². The highest BCUT2D eigenvalue weighted by Gasteiger charge is 2.00. The minimum Gasteiger partial charge on any atom is -0.479 e. The van der Waals surface area contributed by atoms with Crippen molar-refractivity contribution in [3.05, 3.63) is 64.8 Å². The number of hydrogen-bond donors (Lipinski definition) is 1. The van der Waals surface area contributed by atoms with Gasteiger partial charge in [0.2, 0.25) is 0 Å². The summed E-state index contributed by atoms with van der Waals surface area (Å²) >= 11 is 11.7. The molecule has 0 unspecified atom stereocenters. The van der Waals surface area contributed by atoms with Crippen LogP contribution in [-0.2, 0) is 0 Å². The number of hydrogen-bond acceptors (Lipinski definition) is 2. The number of allylic oxidation sites excluding steroid dienone is 4. The quantitative estimate of drug-likeness (QED) is 0.648. The molecule has 0 atom stereocenters. The molecule has 0 aliphatic rings. The minimum atomic E-state index is 0.271. The van der Waals surface area contributed by atoms with E-state index in [1.165, 1.54) is 0 Å². The molecule has 0 bridgehead atoms. The summed E-state index contributed by atoms with van der Waals surface area (Å²) in [5, 5.41) is 1.05. The van der Waals surface area contributed by atoms with Gasteiger partial charge in [0, 0.05) is 17.1 Å². The van der Waals surface area contributed by atoms with E-state index < -0.39 is 0 Å². The van der Waals surface area contributed by atoms with Gasteiger partial charge in [-0.05, 0) is 30.4 Å². The van der Waals surface area contributed by atoms with Crippen LogP contribution < -0.4 is 10.5 Å². The maximum atomic E-state index is 5.96. The summed E-state index contributed by atoms with van der Waals surface area (Å²) in [6, 6.07) is 5.06. The molecule has 20 heavy (non-hydrogen) atoms. The lowest BCUT2D eigenvalue weighted by molar-refractivity contribution is 0.370. The summed E-state index contributed by atoms with van der Waals surface area (Å²) in [5.74, 6) is 6.40. The third-order valence-electron chi connectivity index (χ3n) is 2.16. The molecule has 104 valence electrons. The molecule has 0 aliphatic heterocycles. The van der Waals surface area contributed by atoms with Crippen LogP contribution in [-0.4, -0.2) is 6.61 Å². The lowest BCUT2D eigenvalue weighted by Crippen LogP contribution is -1.94. The van der Waals surface area contributed by atoms with Crippen molar-refractivity contribution in [3.63, 3.8) is 0 Å². The van der Waals surface area contributed by atoms with E-state index in [4.69, 9.17) is 33.7 Å². The largest absolute Gasteiger partial charge is 0.479 e. The molecule has 0 saturated carbocycles. The van der Waals surface area contributed by atoms with Crippen molar-refractivity contribution < 1.29 is 4.74 Å². The standard InChI is InChI=1S/C16H15Cl2NO/c1-2-7-14(19)8-5-3-4-6-11-20-16-10-9-13(17)12-15(16)18/h2,5,7-10,12H,1,3,11,19H2/b8-5-,14-7+. The van der Waals surface area contributed by atoms with E-state index in [9.17, 15) is 0 Å². The zero-order valence-electron chi connectivity index (χ0n) is 10.9. The Balaban J connectivity index is 2.36. The fourth-order valence-corrected chi connectivity index (χ4v) is 1.74.